The maximum absolute atomic E-state index is 12.1. The SMILES string of the molecule is COCCC(C)(O)CNC(=O)C(OC)c1ccccc1. The molecule has 1 amide bonds. The molecule has 0 aliphatic heterocycles. The molecule has 112 valence electrons. The van der Waals surface area contributed by atoms with Gasteiger partial charge < -0.3 is 19.9 Å². The third kappa shape index (κ3) is 5.28. The summed E-state index contributed by atoms with van der Waals surface area (Å²) in [4.78, 5) is 12.1. The first-order valence-corrected chi connectivity index (χ1v) is 6.57. The van der Waals surface area contributed by atoms with E-state index in [-0.39, 0.29) is 12.5 Å². The van der Waals surface area contributed by atoms with Gasteiger partial charge in [0.1, 0.15) is 0 Å². The van der Waals surface area contributed by atoms with Gasteiger partial charge in [0.15, 0.2) is 6.10 Å². The van der Waals surface area contributed by atoms with Crippen LogP contribution in [0, 0.1) is 0 Å². The van der Waals surface area contributed by atoms with Gasteiger partial charge in [0.2, 0.25) is 0 Å². The minimum atomic E-state index is -0.999. The number of amides is 1. The molecule has 0 spiro atoms. The van der Waals surface area contributed by atoms with E-state index in [9.17, 15) is 9.90 Å². The highest BCUT2D eigenvalue weighted by molar-refractivity contribution is 5.82. The number of ether oxygens (including phenoxy) is 2. The summed E-state index contributed by atoms with van der Waals surface area (Å²) >= 11 is 0. The first-order valence-electron chi connectivity index (χ1n) is 6.57. The molecule has 0 aliphatic carbocycles. The zero-order chi connectivity index (χ0) is 15.0. The highest BCUT2D eigenvalue weighted by Crippen LogP contribution is 2.16. The summed E-state index contributed by atoms with van der Waals surface area (Å²) in [6.45, 7) is 2.26. The van der Waals surface area contributed by atoms with E-state index in [1.165, 1.54) is 7.11 Å². The highest BCUT2D eigenvalue weighted by atomic mass is 16.5. The molecule has 1 rings (SSSR count). The van der Waals surface area contributed by atoms with Crippen molar-refractivity contribution in [2.75, 3.05) is 27.4 Å². The molecule has 5 nitrogen and oxygen atoms in total. The average molecular weight is 281 g/mol. The van der Waals surface area contributed by atoms with Crippen molar-refractivity contribution in [1.82, 2.24) is 5.32 Å². The van der Waals surface area contributed by atoms with Crippen molar-refractivity contribution in [1.29, 1.82) is 0 Å². The zero-order valence-corrected chi connectivity index (χ0v) is 12.3. The fourth-order valence-electron chi connectivity index (χ4n) is 1.80. The molecule has 0 bridgehead atoms. The Morgan fingerprint density at radius 2 is 2.00 bits per heavy atom. The molecule has 20 heavy (non-hydrogen) atoms. The summed E-state index contributed by atoms with van der Waals surface area (Å²) in [6.07, 6.45) is -0.221. The fourth-order valence-corrected chi connectivity index (χ4v) is 1.80. The average Bonchev–Trinajstić information content (AvgIpc) is 2.45. The summed E-state index contributed by atoms with van der Waals surface area (Å²) in [6, 6.07) is 9.24. The first-order chi connectivity index (χ1) is 9.50. The van der Waals surface area contributed by atoms with Gasteiger partial charge in [0.25, 0.3) is 5.91 Å². The number of rotatable bonds is 8. The quantitative estimate of drug-likeness (QED) is 0.753. The van der Waals surface area contributed by atoms with Crippen molar-refractivity contribution in [3.05, 3.63) is 35.9 Å². The van der Waals surface area contributed by atoms with Gasteiger partial charge in [-0.25, -0.2) is 0 Å². The van der Waals surface area contributed by atoms with Gasteiger partial charge in [-0.2, -0.15) is 0 Å². The first kappa shape index (κ1) is 16.6. The smallest absolute Gasteiger partial charge is 0.253 e. The number of hydrogen-bond acceptors (Lipinski definition) is 4. The van der Waals surface area contributed by atoms with Crippen molar-refractivity contribution in [3.8, 4) is 0 Å². The van der Waals surface area contributed by atoms with E-state index in [1.807, 2.05) is 30.3 Å². The monoisotopic (exact) mass is 281 g/mol. The van der Waals surface area contributed by atoms with Crippen LogP contribution in [0.5, 0.6) is 0 Å². The van der Waals surface area contributed by atoms with Crippen LogP contribution < -0.4 is 5.32 Å². The second-order valence-electron chi connectivity index (χ2n) is 4.98. The molecule has 5 heteroatoms. The number of benzene rings is 1. The molecule has 0 fully saturated rings. The van der Waals surface area contributed by atoms with E-state index in [0.29, 0.717) is 13.0 Å². The summed E-state index contributed by atoms with van der Waals surface area (Å²) in [5.41, 5.74) is -0.218. The van der Waals surface area contributed by atoms with E-state index in [2.05, 4.69) is 5.32 Å². The van der Waals surface area contributed by atoms with Crippen molar-refractivity contribution in [3.63, 3.8) is 0 Å². The number of nitrogens with one attached hydrogen (secondary N) is 1. The van der Waals surface area contributed by atoms with Crippen LogP contribution in [0.15, 0.2) is 30.3 Å². The van der Waals surface area contributed by atoms with Crippen LogP contribution in [0.1, 0.15) is 25.0 Å². The van der Waals surface area contributed by atoms with Gasteiger partial charge in [0, 0.05) is 33.8 Å². The molecule has 0 heterocycles. The van der Waals surface area contributed by atoms with E-state index >= 15 is 0 Å². The number of hydrogen-bond donors (Lipinski definition) is 2. The molecular weight excluding hydrogens is 258 g/mol. The maximum atomic E-state index is 12.1. The van der Waals surface area contributed by atoms with Gasteiger partial charge >= 0.3 is 0 Å². The van der Waals surface area contributed by atoms with Crippen LogP contribution in [-0.2, 0) is 14.3 Å². The van der Waals surface area contributed by atoms with Crippen molar-refractivity contribution in [2.24, 2.45) is 0 Å². The number of aliphatic hydroxyl groups is 1. The zero-order valence-electron chi connectivity index (χ0n) is 12.3. The summed E-state index contributed by atoms with van der Waals surface area (Å²) < 4.78 is 10.2. The third-order valence-corrected chi connectivity index (χ3v) is 3.06. The number of carbonyl (C=O) groups is 1. The van der Waals surface area contributed by atoms with Crippen LogP contribution in [0.3, 0.4) is 0 Å². The Kier molecular flexibility index (Phi) is 6.64. The Hall–Kier alpha value is -1.43. The lowest BCUT2D eigenvalue weighted by Crippen LogP contribution is -2.43. The lowest BCUT2D eigenvalue weighted by Gasteiger charge is -2.24. The van der Waals surface area contributed by atoms with Crippen molar-refractivity contribution >= 4 is 5.91 Å². The van der Waals surface area contributed by atoms with Crippen molar-refractivity contribution < 1.29 is 19.4 Å². The molecule has 2 unspecified atom stereocenters. The Morgan fingerprint density at radius 1 is 1.35 bits per heavy atom. The summed E-state index contributed by atoms with van der Waals surface area (Å²) in [7, 11) is 3.06. The standard InChI is InChI=1S/C15H23NO4/c1-15(18,9-10-19-2)11-16-14(17)13(20-3)12-7-5-4-6-8-12/h4-8,13,18H,9-11H2,1-3H3,(H,16,17). The normalized spacial score (nSPS) is 15.4. The highest BCUT2D eigenvalue weighted by Gasteiger charge is 2.24. The number of carbonyl (C=O) groups excluding carboxylic acids is 1. The van der Waals surface area contributed by atoms with E-state index in [0.717, 1.165) is 5.56 Å². The van der Waals surface area contributed by atoms with E-state index in [4.69, 9.17) is 9.47 Å². The minimum absolute atomic E-state index is 0.155. The predicted molar refractivity (Wildman–Crippen MR) is 76.3 cm³/mol. The molecule has 0 saturated carbocycles. The van der Waals surface area contributed by atoms with Crippen LogP contribution in [0.2, 0.25) is 0 Å². The topological polar surface area (TPSA) is 67.8 Å². The van der Waals surface area contributed by atoms with Crippen LogP contribution in [0.25, 0.3) is 0 Å². The van der Waals surface area contributed by atoms with Gasteiger partial charge in [-0.05, 0) is 12.5 Å². The summed E-state index contributed by atoms with van der Waals surface area (Å²) in [5.74, 6) is -0.267. The van der Waals surface area contributed by atoms with E-state index in [1.54, 1.807) is 14.0 Å². The lowest BCUT2D eigenvalue weighted by atomic mass is 10.0. The van der Waals surface area contributed by atoms with Gasteiger partial charge in [-0.1, -0.05) is 30.3 Å². The lowest BCUT2D eigenvalue weighted by molar-refractivity contribution is -0.132. The maximum Gasteiger partial charge on any atom is 0.253 e. The predicted octanol–water partition coefficient (Wildman–Crippen LogP) is 1.28. The Morgan fingerprint density at radius 3 is 2.55 bits per heavy atom. The van der Waals surface area contributed by atoms with E-state index < -0.39 is 11.7 Å². The second kappa shape index (κ2) is 7.99. The minimum Gasteiger partial charge on any atom is -0.388 e. The molecule has 0 saturated heterocycles. The van der Waals surface area contributed by atoms with Crippen LogP contribution >= 0.6 is 0 Å². The molecule has 1 aromatic carbocycles. The Labute approximate surface area is 119 Å². The molecule has 0 radical (unpaired) electrons. The Balaban J connectivity index is 2.56. The second-order valence-corrected chi connectivity index (χ2v) is 4.98. The Bertz CT molecular complexity index is 406. The molecule has 2 atom stereocenters. The summed E-state index contributed by atoms with van der Waals surface area (Å²) in [5, 5.41) is 12.8. The molecule has 1 aromatic rings. The number of methoxy groups -OCH3 is 2. The largest absolute Gasteiger partial charge is 0.388 e. The van der Waals surface area contributed by atoms with Gasteiger partial charge in [-0.3, -0.25) is 4.79 Å². The fraction of sp³-hybridized carbons (Fsp3) is 0.533. The van der Waals surface area contributed by atoms with Crippen LogP contribution in [0.4, 0.5) is 0 Å². The van der Waals surface area contributed by atoms with Gasteiger partial charge in [0.05, 0.1) is 5.60 Å². The molecule has 0 aromatic heterocycles. The molecular formula is C15H23NO4. The molecule has 0 aliphatic rings. The third-order valence-electron chi connectivity index (χ3n) is 3.06. The van der Waals surface area contributed by atoms with Crippen molar-refractivity contribution in [2.45, 2.75) is 25.0 Å². The molecule has 2 N–H and O–H groups in total. The van der Waals surface area contributed by atoms with Gasteiger partial charge in [-0.15, -0.1) is 0 Å². The van der Waals surface area contributed by atoms with Crippen LogP contribution in [-0.4, -0.2) is 44.0 Å².